The molecule has 3 nitrogen and oxygen atoms in total. The first-order chi connectivity index (χ1) is 9.16. The minimum atomic E-state index is 0.424. The molecule has 2 N–H and O–H groups in total. The van der Waals surface area contributed by atoms with Gasteiger partial charge in [-0.1, -0.05) is 27.2 Å². The molecular weight excluding hydrogens is 439 g/mol. The molecule has 0 aliphatic heterocycles. The predicted molar refractivity (Wildman–Crippen MR) is 90.1 cm³/mol. The van der Waals surface area contributed by atoms with Crippen molar-refractivity contribution in [2.24, 2.45) is 0 Å². The molecule has 3 aromatic rings. The Hall–Kier alpha value is -0.860. The molecule has 0 unspecified atom stereocenters. The van der Waals surface area contributed by atoms with Crippen molar-refractivity contribution < 1.29 is 4.52 Å². The van der Waals surface area contributed by atoms with Crippen LogP contribution in [0.2, 0.25) is 0 Å². The van der Waals surface area contributed by atoms with Crippen molar-refractivity contribution in [1.82, 2.24) is 5.16 Å². The Kier molecular flexibility index (Phi) is 3.64. The Bertz CT molecular complexity index is 724. The number of hydrogen-bond acceptors (Lipinski definition) is 4. The average molecular weight is 447 g/mol. The second-order valence-electron chi connectivity index (χ2n) is 3.87. The van der Waals surface area contributed by atoms with Gasteiger partial charge < -0.3 is 10.3 Å². The molecule has 2 aromatic heterocycles. The highest BCUT2D eigenvalue weighted by atomic mass is 127. The van der Waals surface area contributed by atoms with Gasteiger partial charge in [0, 0.05) is 18.5 Å². The number of halogens is 2. The fourth-order valence-corrected chi connectivity index (χ4v) is 3.53. The number of anilines is 1. The van der Waals surface area contributed by atoms with Crippen LogP contribution in [0.3, 0.4) is 0 Å². The van der Waals surface area contributed by atoms with Gasteiger partial charge in [-0.25, -0.2) is 0 Å². The molecule has 3 rings (SSSR count). The van der Waals surface area contributed by atoms with Gasteiger partial charge in [-0.3, -0.25) is 0 Å². The second-order valence-corrected chi connectivity index (χ2v) is 6.90. The summed E-state index contributed by atoms with van der Waals surface area (Å²) in [6.07, 6.45) is 0. The van der Waals surface area contributed by atoms with Gasteiger partial charge >= 0.3 is 0 Å². The van der Waals surface area contributed by atoms with Crippen LogP contribution in [0.5, 0.6) is 0 Å². The van der Waals surface area contributed by atoms with E-state index in [1.807, 2.05) is 35.7 Å². The fourth-order valence-electron chi connectivity index (χ4n) is 1.82. The number of nitrogens with two attached hydrogens (primary N) is 1. The summed E-state index contributed by atoms with van der Waals surface area (Å²) in [5, 5.41) is 5.92. The monoisotopic (exact) mass is 446 g/mol. The second kappa shape index (κ2) is 5.26. The van der Waals surface area contributed by atoms with E-state index >= 15 is 0 Å². The smallest absolute Gasteiger partial charge is 0.178 e. The van der Waals surface area contributed by atoms with Crippen molar-refractivity contribution in [3.05, 3.63) is 43.8 Å². The Morgan fingerprint density at radius 3 is 2.89 bits per heavy atom. The number of thiophene rings is 1. The molecule has 0 aliphatic carbocycles. The summed E-state index contributed by atoms with van der Waals surface area (Å²) in [4.78, 5) is 1.06. The SMILES string of the molecule is Nc1noc(-c2cc(Br)ccc2I)c1-c1cccs1. The molecule has 96 valence electrons. The van der Waals surface area contributed by atoms with Gasteiger partial charge in [0.25, 0.3) is 0 Å². The van der Waals surface area contributed by atoms with Crippen molar-refractivity contribution in [3.63, 3.8) is 0 Å². The molecule has 1 aromatic carbocycles. The number of nitrogen functional groups attached to an aromatic ring is 1. The lowest BCUT2D eigenvalue weighted by atomic mass is 10.1. The standard InChI is InChI=1S/C13H8BrIN2OS/c14-7-3-4-9(15)8(6-7)12-11(13(16)17-18-12)10-2-1-5-19-10/h1-6H,(H2,16,17). The zero-order valence-electron chi connectivity index (χ0n) is 9.56. The van der Waals surface area contributed by atoms with E-state index < -0.39 is 0 Å². The highest BCUT2D eigenvalue weighted by molar-refractivity contribution is 14.1. The Morgan fingerprint density at radius 1 is 1.32 bits per heavy atom. The molecule has 0 atom stereocenters. The van der Waals surface area contributed by atoms with Crippen LogP contribution in [0.1, 0.15) is 0 Å². The molecule has 0 aliphatic rings. The number of nitrogens with zero attached hydrogens (tertiary/aromatic N) is 1. The summed E-state index contributed by atoms with van der Waals surface area (Å²) in [5.74, 6) is 1.14. The van der Waals surface area contributed by atoms with Gasteiger partial charge in [-0.15, -0.1) is 11.3 Å². The van der Waals surface area contributed by atoms with E-state index in [1.165, 1.54) is 0 Å². The topological polar surface area (TPSA) is 52.0 Å². The van der Waals surface area contributed by atoms with Crippen molar-refractivity contribution in [2.75, 3.05) is 5.73 Å². The maximum atomic E-state index is 5.95. The van der Waals surface area contributed by atoms with Gasteiger partial charge in [-0.05, 0) is 52.2 Å². The molecule has 0 amide bonds. The van der Waals surface area contributed by atoms with Crippen molar-refractivity contribution in [3.8, 4) is 21.8 Å². The van der Waals surface area contributed by atoms with Crippen molar-refractivity contribution >= 4 is 55.7 Å². The highest BCUT2D eigenvalue weighted by Gasteiger charge is 2.20. The normalized spacial score (nSPS) is 10.8. The quantitative estimate of drug-likeness (QED) is 0.562. The molecule has 0 saturated heterocycles. The van der Waals surface area contributed by atoms with Crippen LogP contribution in [-0.4, -0.2) is 5.16 Å². The molecule has 0 bridgehead atoms. The Labute approximate surface area is 136 Å². The van der Waals surface area contributed by atoms with Crippen LogP contribution >= 0.6 is 49.9 Å². The molecular formula is C13H8BrIN2OS. The lowest BCUT2D eigenvalue weighted by molar-refractivity contribution is 0.436. The molecule has 19 heavy (non-hydrogen) atoms. The molecule has 6 heteroatoms. The van der Waals surface area contributed by atoms with Gasteiger partial charge in [0.1, 0.15) is 0 Å². The summed E-state index contributed by atoms with van der Waals surface area (Å²) >= 11 is 7.38. The Morgan fingerprint density at radius 2 is 2.16 bits per heavy atom. The first kappa shape index (κ1) is 13.1. The molecule has 0 spiro atoms. The lowest BCUT2D eigenvalue weighted by Gasteiger charge is -2.04. The van der Waals surface area contributed by atoms with Crippen molar-refractivity contribution in [1.29, 1.82) is 0 Å². The van der Waals surface area contributed by atoms with Crippen LogP contribution in [0, 0.1) is 3.57 Å². The number of hydrogen-bond donors (Lipinski definition) is 1. The summed E-state index contributed by atoms with van der Waals surface area (Å²) in [7, 11) is 0. The molecule has 0 saturated carbocycles. The van der Waals surface area contributed by atoms with E-state index in [9.17, 15) is 0 Å². The predicted octanol–water partition coefficient (Wildman–Crippen LogP) is 5.02. The minimum Gasteiger partial charge on any atom is -0.380 e. The molecule has 2 heterocycles. The zero-order valence-corrected chi connectivity index (χ0v) is 14.1. The van der Waals surface area contributed by atoms with E-state index in [-0.39, 0.29) is 0 Å². The third-order valence-electron chi connectivity index (χ3n) is 2.66. The summed E-state index contributed by atoms with van der Waals surface area (Å²) in [6.45, 7) is 0. The van der Waals surface area contributed by atoms with Crippen molar-refractivity contribution in [2.45, 2.75) is 0 Å². The minimum absolute atomic E-state index is 0.424. The molecule has 0 fully saturated rings. The Balaban J connectivity index is 2.24. The number of aromatic nitrogens is 1. The van der Waals surface area contributed by atoms with E-state index in [2.05, 4.69) is 43.7 Å². The third-order valence-corrected chi connectivity index (χ3v) is 4.98. The zero-order chi connectivity index (χ0) is 13.4. The van der Waals surface area contributed by atoms with Gasteiger partial charge in [0.05, 0.1) is 5.56 Å². The molecule has 0 radical (unpaired) electrons. The van der Waals surface area contributed by atoms with Crippen LogP contribution in [0.25, 0.3) is 21.8 Å². The van der Waals surface area contributed by atoms with E-state index in [1.54, 1.807) is 11.3 Å². The van der Waals surface area contributed by atoms with E-state index in [4.69, 9.17) is 10.3 Å². The van der Waals surface area contributed by atoms with Crippen LogP contribution in [-0.2, 0) is 0 Å². The fraction of sp³-hybridized carbons (Fsp3) is 0. The lowest BCUT2D eigenvalue weighted by Crippen LogP contribution is -1.88. The van der Waals surface area contributed by atoms with Crippen LogP contribution < -0.4 is 5.73 Å². The first-order valence-electron chi connectivity index (χ1n) is 5.41. The van der Waals surface area contributed by atoms with E-state index in [0.29, 0.717) is 11.6 Å². The first-order valence-corrected chi connectivity index (χ1v) is 8.16. The largest absolute Gasteiger partial charge is 0.380 e. The van der Waals surface area contributed by atoms with Gasteiger partial charge in [0.15, 0.2) is 11.6 Å². The number of rotatable bonds is 2. The summed E-state index contributed by atoms with van der Waals surface area (Å²) in [6, 6.07) is 10.0. The number of benzene rings is 1. The average Bonchev–Trinajstić information content (AvgIpc) is 3.01. The van der Waals surface area contributed by atoms with E-state index in [0.717, 1.165) is 24.0 Å². The van der Waals surface area contributed by atoms with Gasteiger partial charge in [-0.2, -0.15) is 0 Å². The van der Waals surface area contributed by atoms with Gasteiger partial charge in [0.2, 0.25) is 0 Å². The van der Waals surface area contributed by atoms with Crippen LogP contribution in [0.15, 0.2) is 44.7 Å². The highest BCUT2D eigenvalue weighted by Crippen LogP contribution is 2.40. The maximum absolute atomic E-state index is 5.95. The summed E-state index contributed by atoms with van der Waals surface area (Å²) in [5.41, 5.74) is 7.80. The third kappa shape index (κ3) is 2.44. The maximum Gasteiger partial charge on any atom is 0.178 e. The van der Waals surface area contributed by atoms with Crippen LogP contribution in [0.4, 0.5) is 5.82 Å². The summed E-state index contributed by atoms with van der Waals surface area (Å²) < 4.78 is 7.53.